The lowest BCUT2D eigenvalue weighted by Crippen LogP contribution is -2.28. The Hall–Kier alpha value is -1.19. The van der Waals surface area contributed by atoms with Crippen LogP contribution in [0.5, 0.6) is 0 Å². The highest BCUT2D eigenvalue weighted by Gasteiger charge is 2.18. The van der Waals surface area contributed by atoms with Crippen LogP contribution in [-0.2, 0) is 4.57 Å². The number of carbonyl (C=O) groups excluding carboxylic acids is 1. The van der Waals surface area contributed by atoms with E-state index in [1.54, 1.807) is 5.38 Å². The van der Waals surface area contributed by atoms with E-state index in [0.29, 0.717) is 0 Å². The van der Waals surface area contributed by atoms with Crippen molar-refractivity contribution in [3.63, 3.8) is 0 Å². The smallest absolute Gasteiger partial charge is 0.278 e. The minimum Gasteiger partial charge on any atom is -0.278 e. The third-order valence-electron chi connectivity index (χ3n) is 1.27. The Kier molecular flexibility index (Phi) is 3.03. The molecule has 0 radical (unpaired) electrons. The van der Waals surface area contributed by atoms with Crippen LogP contribution >= 0.6 is 18.9 Å². The van der Waals surface area contributed by atoms with Crippen LogP contribution in [-0.4, -0.2) is 5.91 Å². The van der Waals surface area contributed by atoms with Gasteiger partial charge in [-0.1, -0.05) is 0 Å². The van der Waals surface area contributed by atoms with Crippen LogP contribution in [0.4, 0.5) is 0 Å². The van der Waals surface area contributed by atoms with Crippen molar-refractivity contribution in [1.29, 1.82) is 5.26 Å². The lowest BCUT2D eigenvalue weighted by molar-refractivity contribution is 0.0984. The maximum atomic E-state index is 11.3. The zero-order valence-electron chi connectivity index (χ0n) is 6.93. The summed E-state index contributed by atoms with van der Waals surface area (Å²) in [7, 11) is -3.60. The fraction of sp³-hybridized carbons (Fsp3) is 0. The fourth-order valence-corrected chi connectivity index (χ4v) is 2.03. The van der Waals surface area contributed by atoms with Gasteiger partial charge in [-0.15, -0.1) is 11.3 Å². The molecule has 0 aromatic carbocycles. The van der Waals surface area contributed by atoms with Gasteiger partial charge in [0.15, 0.2) is 0 Å². The Morgan fingerprint density at radius 3 is 2.79 bits per heavy atom. The second kappa shape index (κ2) is 3.90. The number of hydrogen-bond acceptors (Lipinski definition) is 4. The van der Waals surface area contributed by atoms with E-state index in [1.807, 2.05) is 11.2 Å². The van der Waals surface area contributed by atoms with Gasteiger partial charge in [-0.05, 0) is 11.4 Å². The van der Waals surface area contributed by atoms with Gasteiger partial charge in [-0.25, -0.2) is 0 Å². The van der Waals surface area contributed by atoms with Crippen LogP contribution in [0.2, 0.25) is 0 Å². The van der Waals surface area contributed by atoms with Crippen molar-refractivity contribution in [1.82, 2.24) is 5.09 Å². The Bertz CT molecular complexity index is 443. The van der Waals surface area contributed by atoms with Gasteiger partial charge in [-0.3, -0.25) is 25.5 Å². The molecule has 1 amide bonds. The van der Waals surface area contributed by atoms with Gasteiger partial charge in [-0.2, -0.15) is 5.26 Å². The maximum absolute atomic E-state index is 11.3. The minimum absolute atomic E-state index is 0.156. The monoisotopic (exact) mass is 230 g/mol. The lowest BCUT2D eigenvalue weighted by Gasteiger charge is -2.06. The van der Waals surface area contributed by atoms with Crippen LogP contribution in [0, 0.1) is 11.3 Å². The lowest BCUT2D eigenvalue weighted by atomic mass is 10.3. The minimum atomic E-state index is -3.60. The highest BCUT2D eigenvalue weighted by Crippen LogP contribution is 2.22. The molecule has 1 aromatic heterocycles. The third-order valence-corrected chi connectivity index (χ3v) is 2.73. The van der Waals surface area contributed by atoms with Gasteiger partial charge < -0.3 is 0 Å². The number of nitrogens with one attached hydrogen (secondary N) is 1. The van der Waals surface area contributed by atoms with Crippen molar-refractivity contribution in [3.05, 3.63) is 21.9 Å². The number of nitrogens with two attached hydrogens (primary N) is 2. The van der Waals surface area contributed by atoms with Crippen molar-refractivity contribution < 1.29 is 9.36 Å². The van der Waals surface area contributed by atoms with Crippen LogP contribution in [0.3, 0.4) is 0 Å². The quantitative estimate of drug-likeness (QED) is 0.633. The topological polar surface area (TPSA) is 122 Å². The second-order valence-corrected chi connectivity index (χ2v) is 4.98. The summed E-state index contributed by atoms with van der Waals surface area (Å²) in [6, 6.07) is 3.30. The SMILES string of the molecule is N#Cc1ccsc1C(=O)NP(N)(N)=O. The summed E-state index contributed by atoms with van der Waals surface area (Å²) in [5.41, 5.74) is 10.1. The summed E-state index contributed by atoms with van der Waals surface area (Å²) in [6.45, 7) is 0. The molecule has 0 spiro atoms. The molecule has 0 saturated heterocycles. The van der Waals surface area contributed by atoms with Crippen molar-refractivity contribution >= 4 is 24.8 Å². The Labute approximate surface area is 84.0 Å². The summed E-state index contributed by atoms with van der Waals surface area (Å²) >= 11 is 1.06. The second-order valence-electron chi connectivity index (χ2n) is 2.43. The number of nitrogens with zero attached hydrogens (tertiary/aromatic N) is 1. The molecule has 0 aliphatic carbocycles. The Morgan fingerprint density at radius 2 is 2.29 bits per heavy atom. The molecule has 0 saturated carbocycles. The fourth-order valence-electron chi connectivity index (χ4n) is 0.783. The molecular weight excluding hydrogens is 223 g/mol. The van der Waals surface area contributed by atoms with E-state index in [1.165, 1.54) is 6.07 Å². The largest absolute Gasteiger partial charge is 0.300 e. The maximum Gasteiger partial charge on any atom is 0.300 e. The predicted molar refractivity (Wildman–Crippen MR) is 52.5 cm³/mol. The van der Waals surface area contributed by atoms with Crippen LogP contribution in [0.15, 0.2) is 11.4 Å². The molecule has 8 heteroatoms. The number of hydrogen-bond donors (Lipinski definition) is 3. The molecule has 74 valence electrons. The molecule has 1 aromatic rings. The zero-order chi connectivity index (χ0) is 10.8. The number of amides is 1. The molecule has 6 nitrogen and oxygen atoms in total. The van der Waals surface area contributed by atoms with Crippen molar-refractivity contribution in [3.8, 4) is 6.07 Å². The molecule has 0 bridgehead atoms. The third kappa shape index (κ3) is 2.65. The molecule has 5 N–H and O–H groups in total. The van der Waals surface area contributed by atoms with Gasteiger partial charge in [0.05, 0.1) is 5.56 Å². The van der Waals surface area contributed by atoms with Gasteiger partial charge >= 0.3 is 7.59 Å². The van der Waals surface area contributed by atoms with E-state index in [9.17, 15) is 9.36 Å². The first-order valence-electron chi connectivity index (χ1n) is 3.41. The van der Waals surface area contributed by atoms with Gasteiger partial charge in [0.25, 0.3) is 5.91 Å². The average molecular weight is 230 g/mol. The van der Waals surface area contributed by atoms with Gasteiger partial charge in [0.1, 0.15) is 10.9 Å². The molecule has 0 unspecified atom stereocenters. The van der Waals surface area contributed by atoms with Gasteiger partial charge in [0.2, 0.25) is 0 Å². The molecule has 1 heterocycles. The van der Waals surface area contributed by atoms with Crippen molar-refractivity contribution in [2.45, 2.75) is 0 Å². The van der Waals surface area contributed by atoms with Crippen molar-refractivity contribution in [2.24, 2.45) is 11.0 Å². The Morgan fingerprint density at radius 1 is 1.64 bits per heavy atom. The van der Waals surface area contributed by atoms with E-state index in [4.69, 9.17) is 16.3 Å². The standard InChI is InChI=1S/C6H7N4O2PS/c7-3-4-1-2-14-5(4)6(11)10-13(8,9)12/h1-2H,(H5,8,9,10,11,12). The summed E-state index contributed by atoms with van der Waals surface area (Å²) in [5, 5.41) is 12.1. The van der Waals surface area contributed by atoms with Crippen molar-refractivity contribution in [2.75, 3.05) is 0 Å². The zero-order valence-corrected chi connectivity index (χ0v) is 8.64. The Balaban J connectivity index is 2.92. The summed E-state index contributed by atoms with van der Waals surface area (Å²) in [6.07, 6.45) is 0. The first kappa shape index (κ1) is 10.9. The summed E-state index contributed by atoms with van der Waals surface area (Å²) in [4.78, 5) is 11.5. The number of thiophene rings is 1. The highest BCUT2D eigenvalue weighted by atomic mass is 32.1. The normalized spacial score (nSPS) is 10.6. The average Bonchev–Trinajstić information content (AvgIpc) is 2.47. The van der Waals surface area contributed by atoms with Gasteiger partial charge in [0, 0.05) is 0 Å². The molecule has 0 aliphatic rings. The molecule has 0 atom stereocenters. The van der Waals surface area contributed by atoms with Crippen LogP contribution in [0.25, 0.3) is 0 Å². The van der Waals surface area contributed by atoms with E-state index in [2.05, 4.69) is 0 Å². The number of nitriles is 1. The first-order valence-corrected chi connectivity index (χ1v) is 6.14. The van der Waals surface area contributed by atoms with E-state index in [0.717, 1.165) is 11.3 Å². The molecular formula is C6H7N4O2PS. The molecule has 0 fully saturated rings. The molecule has 1 rings (SSSR count). The highest BCUT2D eigenvalue weighted by molar-refractivity contribution is 7.57. The van der Waals surface area contributed by atoms with E-state index >= 15 is 0 Å². The molecule has 14 heavy (non-hydrogen) atoms. The summed E-state index contributed by atoms with van der Waals surface area (Å²) in [5.74, 6) is -0.690. The predicted octanol–water partition coefficient (Wildman–Crippen LogP) is 0.375. The number of carbonyl (C=O) groups is 1. The molecule has 0 aliphatic heterocycles. The van der Waals surface area contributed by atoms with Crippen LogP contribution < -0.4 is 16.1 Å². The first-order chi connectivity index (χ1) is 6.44. The summed E-state index contributed by atoms with van der Waals surface area (Å²) < 4.78 is 10.9. The number of rotatable bonds is 2. The van der Waals surface area contributed by atoms with E-state index in [-0.39, 0.29) is 10.4 Å². The van der Waals surface area contributed by atoms with E-state index < -0.39 is 13.5 Å². The van der Waals surface area contributed by atoms with Crippen LogP contribution in [0.1, 0.15) is 15.2 Å².